The zero-order valence-corrected chi connectivity index (χ0v) is 23.6. The summed E-state index contributed by atoms with van der Waals surface area (Å²) in [6.07, 6.45) is 16.4. The number of imidazole rings is 1. The summed E-state index contributed by atoms with van der Waals surface area (Å²) in [5.41, 5.74) is 13.0. The summed E-state index contributed by atoms with van der Waals surface area (Å²) in [6, 6.07) is 15.8. The first-order valence-electron chi connectivity index (χ1n) is 15.2. The van der Waals surface area contributed by atoms with Crippen molar-refractivity contribution in [1.82, 2.24) is 24.4 Å². The average Bonchev–Trinajstić information content (AvgIpc) is 3.68. The van der Waals surface area contributed by atoms with Gasteiger partial charge in [-0.2, -0.15) is 4.98 Å². The molecule has 8 heteroatoms. The Kier molecular flexibility index (Phi) is 7.42. The first-order chi connectivity index (χ1) is 20.2. The third-order valence-corrected chi connectivity index (χ3v) is 9.03. The van der Waals surface area contributed by atoms with Crippen LogP contribution >= 0.6 is 0 Å². The fraction of sp³-hybridized carbons (Fsp3) is 0.424. The van der Waals surface area contributed by atoms with Gasteiger partial charge in [0.25, 0.3) is 0 Å². The van der Waals surface area contributed by atoms with Gasteiger partial charge in [0.15, 0.2) is 0 Å². The van der Waals surface area contributed by atoms with Gasteiger partial charge in [-0.3, -0.25) is 0 Å². The van der Waals surface area contributed by atoms with Gasteiger partial charge < -0.3 is 25.3 Å². The van der Waals surface area contributed by atoms with Crippen LogP contribution in [-0.2, 0) is 17.6 Å². The van der Waals surface area contributed by atoms with Gasteiger partial charge in [-0.05, 0) is 99.7 Å². The molecule has 41 heavy (non-hydrogen) atoms. The Morgan fingerprint density at radius 3 is 2.59 bits per heavy atom. The van der Waals surface area contributed by atoms with Crippen LogP contribution in [0.3, 0.4) is 0 Å². The number of para-hydroxylation sites is 1. The molecule has 212 valence electrons. The standard InChI is InChI=1S/C33H39N7O/c34-33-36-22-28(25-11-10-23-12-14-26(15-13-24(23)21-25)39-17-4-5-18-39)31(38-33)37-29-8-2-1-7-27(29)32-35-16-19-40(32)30-9-3-6-20-41-30/h1-2,7-8,10-11,16,19,21-22,26,30H,3-6,9,12-15,17-18,20H2,(H3,34,36,37,38)/t26-,30?/m0/s1. The van der Waals surface area contributed by atoms with Crippen molar-refractivity contribution in [2.24, 2.45) is 0 Å². The quantitative estimate of drug-likeness (QED) is 0.270. The van der Waals surface area contributed by atoms with E-state index < -0.39 is 0 Å². The molecule has 2 aromatic heterocycles. The van der Waals surface area contributed by atoms with E-state index >= 15 is 0 Å². The van der Waals surface area contributed by atoms with Crippen LogP contribution in [0.15, 0.2) is 61.1 Å². The maximum absolute atomic E-state index is 6.12. The first kappa shape index (κ1) is 26.2. The molecule has 8 nitrogen and oxygen atoms in total. The highest BCUT2D eigenvalue weighted by atomic mass is 16.5. The average molecular weight is 550 g/mol. The van der Waals surface area contributed by atoms with Crippen molar-refractivity contribution in [3.05, 3.63) is 72.2 Å². The minimum absolute atomic E-state index is 0.00389. The zero-order valence-electron chi connectivity index (χ0n) is 23.6. The summed E-state index contributed by atoms with van der Waals surface area (Å²) < 4.78 is 8.24. The number of anilines is 3. The molecule has 2 aromatic carbocycles. The summed E-state index contributed by atoms with van der Waals surface area (Å²) in [5, 5.41) is 3.60. The molecular formula is C33H39N7O. The van der Waals surface area contributed by atoms with Gasteiger partial charge in [0, 0.05) is 42.4 Å². The predicted octanol–water partition coefficient (Wildman–Crippen LogP) is 6.38. The highest BCUT2D eigenvalue weighted by molar-refractivity contribution is 5.84. The number of ether oxygens (including phenoxy) is 1. The van der Waals surface area contributed by atoms with Crippen molar-refractivity contribution in [3.8, 4) is 22.5 Å². The SMILES string of the molecule is Nc1ncc(-c2ccc3c(c2)CC[C@@H](N2CCCC2)CC3)c(Nc2ccccc2-c2nccn2C2CCCCO2)n1. The van der Waals surface area contributed by atoms with Crippen LogP contribution in [0.25, 0.3) is 22.5 Å². The van der Waals surface area contributed by atoms with Crippen LogP contribution in [0.2, 0.25) is 0 Å². The summed E-state index contributed by atoms with van der Waals surface area (Å²) in [5.74, 6) is 1.82. The Labute approximate surface area is 242 Å². The normalized spacial score (nSPS) is 21.4. The van der Waals surface area contributed by atoms with E-state index in [0.29, 0.717) is 11.9 Å². The number of rotatable bonds is 6. The number of fused-ring (bicyclic) bond motifs is 1. The molecule has 2 fully saturated rings. The lowest BCUT2D eigenvalue weighted by Crippen LogP contribution is -2.32. The van der Waals surface area contributed by atoms with E-state index in [1.807, 2.05) is 30.7 Å². The molecule has 0 amide bonds. The monoisotopic (exact) mass is 549 g/mol. The van der Waals surface area contributed by atoms with Gasteiger partial charge in [-0.25, -0.2) is 9.97 Å². The Morgan fingerprint density at radius 2 is 1.73 bits per heavy atom. The summed E-state index contributed by atoms with van der Waals surface area (Å²) in [7, 11) is 0. The number of hydrogen-bond acceptors (Lipinski definition) is 7. The lowest BCUT2D eigenvalue weighted by molar-refractivity contribution is -0.0309. The maximum atomic E-state index is 6.12. The molecule has 3 aliphatic rings. The number of aryl methyl sites for hydroxylation is 2. The van der Waals surface area contributed by atoms with E-state index in [1.165, 1.54) is 49.9 Å². The highest BCUT2D eigenvalue weighted by Crippen LogP contribution is 2.37. The van der Waals surface area contributed by atoms with Crippen LogP contribution in [0.5, 0.6) is 0 Å². The third kappa shape index (κ3) is 5.46. The molecule has 0 saturated carbocycles. The fourth-order valence-electron chi connectivity index (χ4n) is 6.84. The van der Waals surface area contributed by atoms with Crippen LogP contribution in [0.4, 0.5) is 17.5 Å². The van der Waals surface area contributed by atoms with Crippen molar-refractivity contribution in [2.45, 2.75) is 70.1 Å². The molecule has 7 rings (SSSR count). The number of aromatic nitrogens is 4. The van der Waals surface area contributed by atoms with Gasteiger partial charge in [0.1, 0.15) is 17.9 Å². The summed E-state index contributed by atoms with van der Waals surface area (Å²) >= 11 is 0. The molecule has 2 atom stereocenters. The van der Waals surface area contributed by atoms with E-state index in [-0.39, 0.29) is 12.2 Å². The van der Waals surface area contributed by atoms with Crippen molar-refractivity contribution < 1.29 is 4.74 Å². The molecule has 4 aromatic rings. The number of benzene rings is 2. The number of nitrogens with one attached hydrogen (secondary N) is 1. The second-order valence-electron chi connectivity index (χ2n) is 11.6. The van der Waals surface area contributed by atoms with E-state index in [0.717, 1.165) is 66.9 Å². The molecule has 1 aliphatic carbocycles. The summed E-state index contributed by atoms with van der Waals surface area (Å²) in [4.78, 5) is 16.5. The number of likely N-dealkylation sites (tertiary alicyclic amines) is 1. The molecule has 0 radical (unpaired) electrons. The van der Waals surface area contributed by atoms with Crippen molar-refractivity contribution >= 4 is 17.5 Å². The topological polar surface area (TPSA) is 94.1 Å². The Hall–Kier alpha value is -3.75. The van der Waals surface area contributed by atoms with Gasteiger partial charge in [-0.1, -0.05) is 30.3 Å². The molecular weight excluding hydrogens is 510 g/mol. The van der Waals surface area contributed by atoms with Crippen LogP contribution in [0.1, 0.15) is 62.3 Å². The molecule has 2 saturated heterocycles. The third-order valence-electron chi connectivity index (χ3n) is 9.03. The van der Waals surface area contributed by atoms with E-state index in [1.54, 1.807) is 0 Å². The lowest BCUT2D eigenvalue weighted by Gasteiger charge is -2.26. The molecule has 0 spiro atoms. The van der Waals surface area contributed by atoms with Crippen molar-refractivity contribution in [2.75, 3.05) is 30.7 Å². The van der Waals surface area contributed by atoms with Crippen molar-refractivity contribution in [1.29, 1.82) is 0 Å². The number of hydrogen-bond donors (Lipinski definition) is 2. The van der Waals surface area contributed by atoms with Gasteiger partial charge in [-0.15, -0.1) is 0 Å². The van der Waals surface area contributed by atoms with Crippen LogP contribution in [-0.4, -0.2) is 50.2 Å². The molecule has 0 bridgehead atoms. The Morgan fingerprint density at radius 1 is 0.878 bits per heavy atom. The maximum Gasteiger partial charge on any atom is 0.221 e. The number of nitrogens with two attached hydrogens (primary N) is 1. The predicted molar refractivity (Wildman–Crippen MR) is 163 cm³/mol. The van der Waals surface area contributed by atoms with E-state index in [4.69, 9.17) is 15.5 Å². The van der Waals surface area contributed by atoms with Gasteiger partial charge in [0.2, 0.25) is 5.95 Å². The van der Waals surface area contributed by atoms with Gasteiger partial charge in [0.05, 0.1) is 5.69 Å². The van der Waals surface area contributed by atoms with E-state index in [9.17, 15) is 0 Å². The fourth-order valence-corrected chi connectivity index (χ4v) is 6.84. The van der Waals surface area contributed by atoms with Crippen LogP contribution < -0.4 is 11.1 Å². The summed E-state index contributed by atoms with van der Waals surface area (Å²) in [6.45, 7) is 3.31. The first-order valence-corrected chi connectivity index (χ1v) is 15.2. The Balaban J connectivity index is 1.19. The molecule has 4 heterocycles. The van der Waals surface area contributed by atoms with Crippen molar-refractivity contribution in [3.63, 3.8) is 0 Å². The zero-order chi connectivity index (χ0) is 27.6. The largest absolute Gasteiger partial charge is 0.368 e. The second kappa shape index (κ2) is 11.6. The second-order valence-corrected chi connectivity index (χ2v) is 11.6. The van der Waals surface area contributed by atoms with Crippen LogP contribution in [0, 0.1) is 0 Å². The molecule has 3 N–H and O–H groups in total. The van der Waals surface area contributed by atoms with E-state index in [2.05, 4.69) is 55.1 Å². The molecule has 2 aliphatic heterocycles. The minimum Gasteiger partial charge on any atom is -0.368 e. The van der Waals surface area contributed by atoms with Gasteiger partial charge >= 0.3 is 0 Å². The Bertz CT molecular complexity index is 1500. The highest BCUT2D eigenvalue weighted by Gasteiger charge is 2.25. The number of nitrogens with zero attached hydrogens (tertiary/aromatic N) is 5. The molecule has 1 unspecified atom stereocenters. The minimum atomic E-state index is 0.00389. The number of nitrogen functional groups attached to an aromatic ring is 1. The lowest BCUT2D eigenvalue weighted by atomic mass is 9.97. The smallest absolute Gasteiger partial charge is 0.221 e.